The van der Waals surface area contributed by atoms with E-state index in [2.05, 4.69) is 27.5 Å². The van der Waals surface area contributed by atoms with E-state index in [4.69, 9.17) is 4.74 Å². The first-order chi connectivity index (χ1) is 7.38. The minimum Gasteiger partial charge on any atom is -0.446 e. The average Bonchev–Trinajstić information content (AvgIpc) is 2.76. The van der Waals surface area contributed by atoms with Gasteiger partial charge in [0.2, 0.25) is 0 Å². The number of rotatable bonds is 8. The van der Waals surface area contributed by atoms with Crippen molar-refractivity contribution in [3.63, 3.8) is 0 Å². The van der Waals surface area contributed by atoms with Crippen LogP contribution in [0.1, 0.15) is 51.0 Å². The molecule has 1 unspecified atom stereocenters. The number of tetrazole rings is 1. The Labute approximate surface area is 88.4 Å². The summed E-state index contributed by atoms with van der Waals surface area (Å²) in [6.07, 6.45) is 4.81. The van der Waals surface area contributed by atoms with E-state index in [1.165, 1.54) is 19.3 Å². The first-order valence-corrected chi connectivity index (χ1v) is 5.15. The van der Waals surface area contributed by atoms with Gasteiger partial charge in [-0.05, 0) is 23.3 Å². The van der Waals surface area contributed by atoms with Gasteiger partial charge in [0, 0.05) is 0 Å². The molecule has 83 valence electrons. The summed E-state index contributed by atoms with van der Waals surface area (Å²) in [4.78, 5) is 10.2. The van der Waals surface area contributed by atoms with Crippen molar-refractivity contribution in [1.82, 2.24) is 20.6 Å². The minimum atomic E-state index is -0.394. The summed E-state index contributed by atoms with van der Waals surface area (Å²) >= 11 is 0. The van der Waals surface area contributed by atoms with E-state index in [1.807, 2.05) is 0 Å². The molecule has 0 aliphatic heterocycles. The van der Waals surface area contributed by atoms with Gasteiger partial charge in [0.05, 0.1) is 0 Å². The number of hydrogen-bond acceptors (Lipinski definition) is 5. The molecule has 1 atom stereocenters. The standard InChI is InChI=1S/C9H15N4O2/c1-2-3-4-5-6-8(15-7-14)9-10-12-13-11-9/h8H,2-6H2,1H3,(H,10,11,12,13). The summed E-state index contributed by atoms with van der Waals surface area (Å²) in [7, 11) is 0. The molecule has 1 aromatic rings. The number of aromatic nitrogens is 4. The van der Waals surface area contributed by atoms with E-state index >= 15 is 0 Å². The highest BCUT2D eigenvalue weighted by molar-refractivity contribution is 5.38. The fraction of sp³-hybridized carbons (Fsp3) is 0.778. The van der Waals surface area contributed by atoms with Crippen LogP contribution in [0.15, 0.2) is 0 Å². The summed E-state index contributed by atoms with van der Waals surface area (Å²) in [6, 6.07) is 0. The number of H-pyrrole nitrogens is 1. The zero-order valence-corrected chi connectivity index (χ0v) is 8.77. The lowest BCUT2D eigenvalue weighted by Crippen LogP contribution is -2.05. The number of ether oxygens (including phenoxy) is 1. The molecule has 6 nitrogen and oxygen atoms in total. The van der Waals surface area contributed by atoms with E-state index < -0.39 is 6.10 Å². The zero-order chi connectivity index (χ0) is 10.9. The highest BCUT2D eigenvalue weighted by Gasteiger charge is 2.16. The molecular weight excluding hydrogens is 196 g/mol. The molecule has 15 heavy (non-hydrogen) atoms. The quantitative estimate of drug-likeness (QED) is 0.655. The van der Waals surface area contributed by atoms with Crippen molar-refractivity contribution in [2.24, 2.45) is 0 Å². The van der Waals surface area contributed by atoms with Gasteiger partial charge in [0.25, 0.3) is 0 Å². The lowest BCUT2D eigenvalue weighted by Gasteiger charge is -2.10. The van der Waals surface area contributed by atoms with Gasteiger partial charge in [-0.25, -0.2) is 9.89 Å². The Hall–Kier alpha value is -1.46. The lowest BCUT2D eigenvalue weighted by molar-refractivity contribution is 0.157. The van der Waals surface area contributed by atoms with E-state index in [0.29, 0.717) is 5.82 Å². The molecule has 1 N–H and O–H groups in total. The maximum Gasteiger partial charge on any atom is 0.418 e. The SMILES string of the molecule is CCCCCCC(O[C]=O)c1nnn[nH]1. The molecule has 1 heterocycles. The Kier molecular flexibility index (Phi) is 5.35. The van der Waals surface area contributed by atoms with Crippen LogP contribution < -0.4 is 0 Å². The van der Waals surface area contributed by atoms with Gasteiger partial charge in [-0.3, -0.25) is 0 Å². The maximum absolute atomic E-state index is 10.2. The minimum absolute atomic E-state index is 0.394. The van der Waals surface area contributed by atoms with Gasteiger partial charge in [-0.1, -0.05) is 26.2 Å². The molecule has 1 aromatic heterocycles. The molecule has 0 saturated heterocycles. The van der Waals surface area contributed by atoms with Crippen LogP contribution in [0.3, 0.4) is 0 Å². The van der Waals surface area contributed by atoms with Gasteiger partial charge < -0.3 is 4.74 Å². The fourth-order valence-corrected chi connectivity index (χ4v) is 1.37. The van der Waals surface area contributed by atoms with Gasteiger partial charge >= 0.3 is 6.47 Å². The van der Waals surface area contributed by atoms with Crippen molar-refractivity contribution in [1.29, 1.82) is 0 Å². The van der Waals surface area contributed by atoms with Crippen LogP contribution in [0, 0.1) is 0 Å². The van der Waals surface area contributed by atoms with Crippen LogP contribution in [0.25, 0.3) is 0 Å². The summed E-state index contributed by atoms with van der Waals surface area (Å²) in [5.74, 6) is 0.481. The van der Waals surface area contributed by atoms with Crippen LogP contribution in [-0.2, 0) is 9.53 Å². The second-order valence-corrected chi connectivity index (χ2v) is 3.33. The number of nitrogens with zero attached hydrogens (tertiary/aromatic N) is 3. The predicted molar refractivity (Wildman–Crippen MR) is 52.5 cm³/mol. The molecule has 0 aliphatic carbocycles. The largest absolute Gasteiger partial charge is 0.446 e. The summed E-state index contributed by atoms with van der Waals surface area (Å²) in [5.41, 5.74) is 0. The Balaban J connectivity index is 2.34. The molecule has 0 aliphatic rings. The summed E-state index contributed by atoms with van der Waals surface area (Å²) < 4.78 is 4.79. The van der Waals surface area contributed by atoms with E-state index in [-0.39, 0.29) is 0 Å². The van der Waals surface area contributed by atoms with Crippen LogP contribution in [0.4, 0.5) is 0 Å². The van der Waals surface area contributed by atoms with Crippen molar-refractivity contribution >= 4 is 6.47 Å². The van der Waals surface area contributed by atoms with E-state index in [9.17, 15) is 4.79 Å². The van der Waals surface area contributed by atoms with Gasteiger partial charge in [0.15, 0.2) is 11.9 Å². The highest BCUT2D eigenvalue weighted by Crippen LogP contribution is 2.19. The van der Waals surface area contributed by atoms with Crippen molar-refractivity contribution in [2.75, 3.05) is 0 Å². The molecule has 6 heteroatoms. The second-order valence-electron chi connectivity index (χ2n) is 3.33. The van der Waals surface area contributed by atoms with Crippen molar-refractivity contribution in [2.45, 2.75) is 45.1 Å². The van der Waals surface area contributed by atoms with Gasteiger partial charge in [-0.15, -0.1) is 5.10 Å². The van der Waals surface area contributed by atoms with Crippen LogP contribution in [0.2, 0.25) is 0 Å². The third-order valence-electron chi connectivity index (χ3n) is 2.18. The molecular formula is C9H15N4O2. The summed E-state index contributed by atoms with van der Waals surface area (Å²) in [6.45, 7) is 3.58. The number of nitrogens with one attached hydrogen (secondary N) is 1. The van der Waals surface area contributed by atoms with E-state index in [1.54, 1.807) is 0 Å². The summed E-state index contributed by atoms with van der Waals surface area (Å²) in [5, 5.41) is 13.2. The van der Waals surface area contributed by atoms with Crippen molar-refractivity contribution in [3.8, 4) is 0 Å². The number of unbranched alkanes of at least 4 members (excludes halogenated alkanes) is 3. The second kappa shape index (κ2) is 6.92. The van der Waals surface area contributed by atoms with Gasteiger partial charge in [-0.2, -0.15) is 0 Å². The van der Waals surface area contributed by atoms with E-state index in [0.717, 1.165) is 19.3 Å². The Morgan fingerprint density at radius 1 is 1.47 bits per heavy atom. The zero-order valence-electron chi connectivity index (χ0n) is 8.77. The van der Waals surface area contributed by atoms with Crippen LogP contribution in [0.5, 0.6) is 0 Å². The molecule has 0 saturated carbocycles. The highest BCUT2D eigenvalue weighted by atomic mass is 16.5. The van der Waals surface area contributed by atoms with Crippen LogP contribution in [-0.4, -0.2) is 27.1 Å². The van der Waals surface area contributed by atoms with Crippen LogP contribution >= 0.6 is 0 Å². The maximum atomic E-state index is 10.2. The van der Waals surface area contributed by atoms with Gasteiger partial charge in [0.1, 0.15) is 0 Å². The van der Waals surface area contributed by atoms with Crippen molar-refractivity contribution in [3.05, 3.63) is 5.82 Å². The molecule has 0 amide bonds. The van der Waals surface area contributed by atoms with Crippen molar-refractivity contribution < 1.29 is 9.53 Å². The normalized spacial score (nSPS) is 12.3. The molecule has 0 spiro atoms. The monoisotopic (exact) mass is 211 g/mol. The smallest absolute Gasteiger partial charge is 0.418 e. The Morgan fingerprint density at radius 2 is 2.33 bits per heavy atom. The first kappa shape index (κ1) is 11.6. The molecule has 0 aromatic carbocycles. The lowest BCUT2D eigenvalue weighted by atomic mass is 10.1. The molecule has 0 fully saturated rings. The number of hydrogen-bond donors (Lipinski definition) is 1. The predicted octanol–water partition coefficient (Wildman–Crippen LogP) is 1.29. The average molecular weight is 211 g/mol. The number of aromatic amines is 1. The first-order valence-electron chi connectivity index (χ1n) is 5.15. The third-order valence-corrected chi connectivity index (χ3v) is 2.18. The number of carbonyl (C=O) groups excluding carboxylic acids is 1. The Morgan fingerprint density at radius 3 is 2.93 bits per heavy atom. The molecule has 1 radical (unpaired) electrons. The third kappa shape index (κ3) is 4.05. The molecule has 1 rings (SSSR count). The Bertz CT molecular complexity index is 263. The molecule has 0 bridgehead atoms. The topological polar surface area (TPSA) is 80.8 Å². The fourth-order valence-electron chi connectivity index (χ4n) is 1.37.